The van der Waals surface area contributed by atoms with Gasteiger partial charge in [-0.1, -0.05) is 34.1 Å². The highest BCUT2D eigenvalue weighted by molar-refractivity contribution is 9.10. The van der Waals surface area contributed by atoms with E-state index in [-0.39, 0.29) is 5.91 Å². The van der Waals surface area contributed by atoms with Gasteiger partial charge in [-0.25, -0.2) is 0 Å². The maximum absolute atomic E-state index is 11.9. The molecule has 0 fully saturated rings. The molecule has 1 heterocycles. The molecule has 0 bridgehead atoms. The average molecular weight is 404 g/mol. The molecule has 0 aliphatic carbocycles. The van der Waals surface area contributed by atoms with Gasteiger partial charge in [0.2, 0.25) is 0 Å². The molecule has 1 amide bonds. The smallest absolute Gasteiger partial charge is 0.252 e. The fourth-order valence-corrected chi connectivity index (χ4v) is 2.70. The van der Waals surface area contributed by atoms with E-state index in [1.807, 2.05) is 30.1 Å². The Labute approximate surface area is 156 Å². The molecular formula is C18H22BrN5O. The van der Waals surface area contributed by atoms with Crippen LogP contribution in [0.4, 0.5) is 0 Å². The largest absolute Gasteiger partial charge is 0.354 e. The Morgan fingerprint density at radius 2 is 1.96 bits per heavy atom. The van der Waals surface area contributed by atoms with Crippen LogP contribution in [-0.2, 0) is 6.54 Å². The second-order valence-corrected chi connectivity index (χ2v) is 6.27. The quantitative estimate of drug-likeness (QED) is 0.441. The van der Waals surface area contributed by atoms with Crippen LogP contribution < -0.4 is 10.6 Å². The molecule has 6 nitrogen and oxygen atoms in total. The van der Waals surface area contributed by atoms with E-state index < -0.39 is 0 Å². The summed E-state index contributed by atoms with van der Waals surface area (Å²) in [5, 5.41) is 6.10. The highest BCUT2D eigenvalue weighted by atomic mass is 79.9. The highest BCUT2D eigenvalue weighted by Gasteiger charge is 2.09. The summed E-state index contributed by atoms with van der Waals surface area (Å²) >= 11 is 3.56. The van der Waals surface area contributed by atoms with Crippen molar-refractivity contribution in [1.82, 2.24) is 20.5 Å². The van der Waals surface area contributed by atoms with Crippen molar-refractivity contribution in [2.75, 3.05) is 27.2 Å². The number of guanidine groups is 1. The van der Waals surface area contributed by atoms with Crippen LogP contribution in [0.5, 0.6) is 0 Å². The Hall–Kier alpha value is -2.41. The predicted octanol–water partition coefficient (Wildman–Crippen LogP) is 2.28. The van der Waals surface area contributed by atoms with Crippen LogP contribution in [-0.4, -0.2) is 48.9 Å². The van der Waals surface area contributed by atoms with E-state index in [1.54, 1.807) is 31.6 Å². The molecule has 7 heteroatoms. The van der Waals surface area contributed by atoms with Crippen LogP contribution >= 0.6 is 15.9 Å². The monoisotopic (exact) mass is 403 g/mol. The fourth-order valence-electron chi connectivity index (χ4n) is 2.29. The molecular weight excluding hydrogens is 382 g/mol. The predicted molar refractivity (Wildman–Crippen MR) is 104 cm³/mol. The van der Waals surface area contributed by atoms with Gasteiger partial charge in [0.15, 0.2) is 5.96 Å². The molecule has 0 unspecified atom stereocenters. The van der Waals surface area contributed by atoms with Gasteiger partial charge in [0.25, 0.3) is 5.91 Å². The molecule has 1 aromatic carbocycles. The summed E-state index contributed by atoms with van der Waals surface area (Å²) in [5.74, 6) is 0.637. The summed E-state index contributed by atoms with van der Waals surface area (Å²) < 4.78 is 1.07. The lowest BCUT2D eigenvalue weighted by Gasteiger charge is -2.22. The van der Waals surface area contributed by atoms with Gasteiger partial charge < -0.3 is 15.5 Å². The zero-order valence-corrected chi connectivity index (χ0v) is 16.0. The Kier molecular flexibility index (Phi) is 7.40. The number of aromatic nitrogens is 1. The van der Waals surface area contributed by atoms with E-state index in [4.69, 9.17) is 0 Å². The van der Waals surface area contributed by atoms with Crippen molar-refractivity contribution in [1.29, 1.82) is 0 Å². The summed E-state index contributed by atoms with van der Waals surface area (Å²) in [6.07, 6.45) is 3.19. The number of carbonyl (C=O) groups is 1. The van der Waals surface area contributed by atoms with Crippen molar-refractivity contribution in [3.63, 3.8) is 0 Å². The van der Waals surface area contributed by atoms with Crippen molar-refractivity contribution in [3.8, 4) is 0 Å². The van der Waals surface area contributed by atoms with Gasteiger partial charge in [-0.05, 0) is 23.8 Å². The summed E-state index contributed by atoms with van der Waals surface area (Å²) in [4.78, 5) is 22.2. The summed E-state index contributed by atoms with van der Waals surface area (Å²) in [7, 11) is 3.72. The van der Waals surface area contributed by atoms with Crippen molar-refractivity contribution in [3.05, 3.63) is 64.4 Å². The Balaban J connectivity index is 1.78. The summed E-state index contributed by atoms with van der Waals surface area (Å²) in [6, 6.07) is 11.6. The lowest BCUT2D eigenvalue weighted by molar-refractivity contribution is 0.0954. The van der Waals surface area contributed by atoms with Gasteiger partial charge in [0, 0.05) is 50.6 Å². The van der Waals surface area contributed by atoms with Gasteiger partial charge in [-0.15, -0.1) is 0 Å². The van der Waals surface area contributed by atoms with E-state index in [0.29, 0.717) is 18.7 Å². The molecule has 0 radical (unpaired) electrons. The number of hydrogen-bond donors (Lipinski definition) is 2. The fraction of sp³-hybridized carbons (Fsp3) is 0.278. The zero-order chi connectivity index (χ0) is 18.1. The van der Waals surface area contributed by atoms with Crippen LogP contribution in [0.1, 0.15) is 15.9 Å². The van der Waals surface area contributed by atoms with E-state index in [1.165, 1.54) is 5.56 Å². The van der Waals surface area contributed by atoms with Crippen LogP contribution in [0.15, 0.2) is 58.3 Å². The molecule has 0 atom stereocenters. The summed E-state index contributed by atoms with van der Waals surface area (Å²) in [5.41, 5.74) is 1.73. The minimum atomic E-state index is -0.133. The van der Waals surface area contributed by atoms with Gasteiger partial charge in [0.1, 0.15) is 0 Å². The molecule has 25 heavy (non-hydrogen) atoms. The number of nitrogens with zero attached hydrogens (tertiary/aromatic N) is 3. The zero-order valence-electron chi connectivity index (χ0n) is 14.4. The minimum absolute atomic E-state index is 0.133. The van der Waals surface area contributed by atoms with Gasteiger partial charge >= 0.3 is 0 Å². The number of pyridine rings is 1. The molecule has 0 aliphatic heterocycles. The SMILES string of the molecule is CN=C(NCCNC(=O)c1cccnc1)N(C)Cc1ccccc1Br. The Bertz CT molecular complexity index is 720. The first-order valence-electron chi connectivity index (χ1n) is 7.95. The molecule has 2 N–H and O–H groups in total. The molecule has 0 aliphatic rings. The van der Waals surface area contributed by atoms with Crippen molar-refractivity contribution < 1.29 is 4.79 Å². The van der Waals surface area contributed by atoms with Crippen LogP contribution in [0.25, 0.3) is 0 Å². The minimum Gasteiger partial charge on any atom is -0.354 e. The van der Waals surface area contributed by atoms with E-state index in [2.05, 4.69) is 42.6 Å². The standard InChI is InChI=1S/C18H22BrN5O/c1-20-18(24(2)13-15-6-3-4-8-16(15)19)23-11-10-22-17(25)14-7-5-9-21-12-14/h3-9,12H,10-11,13H2,1-2H3,(H,20,23)(H,22,25). The molecule has 0 saturated heterocycles. The topological polar surface area (TPSA) is 69.6 Å². The van der Waals surface area contributed by atoms with Crippen LogP contribution in [0.3, 0.4) is 0 Å². The van der Waals surface area contributed by atoms with Gasteiger partial charge in [0.05, 0.1) is 5.56 Å². The van der Waals surface area contributed by atoms with Crippen LogP contribution in [0.2, 0.25) is 0 Å². The third kappa shape index (κ3) is 5.86. The molecule has 0 saturated carbocycles. The Morgan fingerprint density at radius 3 is 2.64 bits per heavy atom. The third-order valence-electron chi connectivity index (χ3n) is 3.56. The number of nitrogens with one attached hydrogen (secondary N) is 2. The second-order valence-electron chi connectivity index (χ2n) is 5.42. The van der Waals surface area contributed by atoms with Crippen molar-refractivity contribution in [2.45, 2.75) is 6.54 Å². The number of halogens is 1. The summed E-state index contributed by atoms with van der Waals surface area (Å²) in [6.45, 7) is 1.80. The highest BCUT2D eigenvalue weighted by Crippen LogP contribution is 2.17. The first kappa shape index (κ1) is 18.9. The van der Waals surface area contributed by atoms with Crippen molar-refractivity contribution in [2.24, 2.45) is 4.99 Å². The van der Waals surface area contributed by atoms with Gasteiger partial charge in [-0.2, -0.15) is 0 Å². The third-order valence-corrected chi connectivity index (χ3v) is 4.33. The van der Waals surface area contributed by atoms with Gasteiger partial charge in [-0.3, -0.25) is 14.8 Å². The lowest BCUT2D eigenvalue weighted by atomic mass is 10.2. The normalized spacial score (nSPS) is 11.1. The number of amides is 1. The number of carbonyl (C=O) groups excluding carboxylic acids is 1. The maximum Gasteiger partial charge on any atom is 0.252 e. The molecule has 1 aromatic heterocycles. The average Bonchev–Trinajstić information content (AvgIpc) is 2.64. The first-order chi connectivity index (χ1) is 12.1. The Morgan fingerprint density at radius 1 is 1.20 bits per heavy atom. The van der Waals surface area contributed by atoms with Crippen LogP contribution in [0, 0.1) is 0 Å². The second kappa shape index (κ2) is 9.78. The molecule has 2 rings (SSSR count). The number of rotatable bonds is 6. The number of aliphatic imine (C=N–C) groups is 1. The number of hydrogen-bond acceptors (Lipinski definition) is 3. The molecule has 2 aromatic rings. The maximum atomic E-state index is 11.9. The first-order valence-corrected chi connectivity index (χ1v) is 8.74. The molecule has 0 spiro atoms. The van der Waals surface area contributed by atoms with E-state index >= 15 is 0 Å². The number of benzene rings is 1. The lowest BCUT2D eigenvalue weighted by Crippen LogP contribution is -2.42. The van der Waals surface area contributed by atoms with E-state index in [9.17, 15) is 4.79 Å². The van der Waals surface area contributed by atoms with Crippen molar-refractivity contribution >= 4 is 27.8 Å². The molecule has 132 valence electrons. The van der Waals surface area contributed by atoms with E-state index in [0.717, 1.165) is 17.0 Å².